The minimum Gasteiger partial charge on any atom is -0.496 e. The summed E-state index contributed by atoms with van der Waals surface area (Å²) in [5.74, 6) is 2.15. The van der Waals surface area contributed by atoms with Crippen LogP contribution < -0.4 is 10.1 Å². The van der Waals surface area contributed by atoms with E-state index in [0.717, 1.165) is 12.3 Å². The van der Waals surface area contributed by atoms with Crippen LogP contribution >= 0.6 is 11.8 Å². The highest BCUT2D eigenvalue weighted by atomic mass is 32.2. The molecule has 108 valence electrons. The first-order valence-electron chi connectivity index (χ1n) is 7.03. The predicted octanol–water partition coefficient (Wildman–Crippen LogP) is 4.08. The Morgan fingerprint density at radius 3 is 2.60 bits per heavy atom. The summed E-state index contributed by atoms with van der Waals surface area (Å²) in [4.78, 5) is 0. The predicted molar refractivity (Wildman–Crippen MR) is 89.8 cm³/mol. The molecule has 0 saturated carbocycles. The van der Waals surface area contributed by atoms with Gasteiger partial charge in [-0.05, 0) is 42.4 Å². The van der Waals surface area contributed by atoms with Crippen molar-refractivity contribution in [1.29, 1.82) is 0 Å². The normalized spacial score (nSPS) is 12.6. The third kappa shape index (κ3) is 3.68. The van der Waals surface area contributed by atoms with Gasteiger partial charge in [-0.3, -0.25) is 0 Å². The van der Waals surface area contributed by atoms with Gasteiger partial charge >= 0.3 is 0 Å². The molecule has 0 saturated heterocycles. The van der Waals surface area contributed by atoms with Crippen LogP contribution in [-0.4, -0.2) is 25.2 Å². The molecule has 1 unspecified atom stereocenters. The molecule has 3 heteroatoms. The maximum absolute atomic E-state index is 5.44. The number of fused-ring (bicyclic) bond motifs is 1. The lowest BCUT2D eigenvalue weighted by Crippen LogP contribution is -2.26. The van der Waals surface area contributed by atoms with Crippen LogP contribution in [-0.2, 0) is 6.54 Å². The number of hydrogen-bond acceptors (Lipinski definition) is 3. The SMILES string of the molecule is COc1ccc(CNC(C)CCSC)c2ccccc12. The molecule has 20 heavy (non-hydrogen) atoms. The smallest absolute Gasteiger partial charge is 0.126 e. The molecule has 2 nitrogen and oxygen atoms in total. The molecule has 0 aromatic heterocycles. The van der Waals surface area contributed by atoms with Crippen LogP contribution in [0.4, 0.5) is 0 Å². The van der Waals surface area contributed by atoms with Gasteiger partial charge in [-0.2, -0.15) is 11.8 Å². The molecule has 1 atom stereocenters. The average molecular weight is 289 g/mol. The van der Waals surface area contributed by atoms with E-state index in [-0.39, 0.29) is 0 Å². The molecule has 0 spiro atoms. The van der Waals surface area contributed by atoms with Crippen molar-refractivity contribution in [2.24, 2.45) is 0 Å². The number of ether oxygens (including phenoxy) is 1. The first kappa shape index (κ1) is 15.2. The summed E-state index contributed by atoms with van der Waals surface area (Å²) in [5, 5.41) is 6.07. The summed E-state index contributed by atoms with van der Waals surface area (Å²) in [6.07, 6.45) is 3.36. The van der Waals surface area contributed by atoms with E-state index in [9.17, 15) is 0 Å². The summed E-state index contributed by atoms with van der Waals surface area (Å²) in [6.45, 7) is 3.15. The molecule has 0 aliphatic rings. The van der Waals surface area contributed by atoms with E-state index >= 15 is 0 Å². The first-order chi connectivity index (χ1) is 9.76. The van der Waals surface area contributed by atoms with E-state index in [1.165, 1.54) is 28.5 Å². The van der Waals surface area contributed by atoms with Crippen LogP contribution in [0.2, 0.25) is 0 Å². The van der Waals surface area contributed by atoms with Gasteiger partial charge in [0.05, 0.1) is 7.11 Å². The van der Waals surface area contributed by atoms with Crippen molar-refractivity contribution in [3.8, 4) is 5.75 Å². The second-order valence-corrected chi connectivity index (χ2v) is 6.02. The van der Waals surface area contributed by atoms with Gasteiger partial charge < -0.3 is 10.1 Å². The maximum atomic E-state index is 5.44. The van der Waals surface area contributed by atoms with Crippen molar-refractivity contribution in [2.75, 3.05) is 19.1 Å². The van der Waals surface area contributed by atoms with Crippen molar-refractivity contribution < 1.29 is 4.74 Å². The topological polar surface area (TPSA) is 21.3 Å². The van der Waals surface area contributed by atoms with E-state index < -0.39 is 0 Å². The average Bonchev–Trinajstić information content (AvgIpc) is 2.50. The largest absolute Gasteiger partial charge is 0.496 e. The van der Waals surface area contributed by atoms with Crippen LogP contribution in [0.15, 0.2) is 36.4 Å². The lowest BCUT2D eigenvalue weighted by molar-refractivity contribution is 0.419. The molecule has 2 aromatic carbocycles. The molecule has 0 aliphatic carbocycles. The molecule has 0 amide bonds. The Morgan fingerprint density at radius 1 is 1.15 bits per heavy atom. The Balaban J connectivity index is 2.14. The highest BCUT2D eigenvalue weighted by molar-refractivity contribution is 7.98. The zero-order valence-electron chi connectivity index (χ0n) is 12.5. The third-order valence-corrected chi connectivity index (χ3v) is 4.23. The number of thioether (sulfide) groups is 1. The van der Waals surface area contributed by atoms with Crippen molar-refractivity contribution >= 4 is 22.5 Å². The Bertz CT molecular complexity index is 556. The fourth-order valence-corrected chi connectivity index (χ4v) is 2.94. The second kappa shape index (κ2) is 7.55. The van der Waals surface area contributed by atoms with E-state index in [2.05, 4.69) is 54.9 Å². The summed E-state index contributed by atoms with van der Waals surface area (Å²) in [7, 11) is 1.73. The highest BCUT2D eigenvalue weighted by Crippen LogP contribution is 2.28. The van der Waals surface area contributed by atoms with E-state index in [4.69, 9.17) is 4.74 Å². The second-order valence-electron chi connectivity index (χ2n) is 5.04. The van der Waals surface area contributed by atoms with Gasteiger partial charge in [-0.1, -0.05) is 30.3 Å². The van der Waals surface area contributed by atoms with Crippen LogP contribution in [0.25, 0.3) is 10.8 Å². The van der Waals surface area contributed by atoms with E-state index in [1.54, 1.807) is 7.11 Å². The van der Waals surface area contributed by atoms with Gasteiger partial charge in [0.1, 0.15) is 5.75 Å². The molecule has 1 N–H and O–H groups in total. The number of hydrogen-bond donors (Lipinski definition) is 1. The quantitative estimate of drug-likeness (QED) is 0.830. The molecule has 0 radical (unpaired) electrons. The molecular formula is C17H23NOS. The van der Waals surface area contributed by atoms with Gasteiger partial charge in [-0.15, -0.1) is 0 Å². The molecule has 2 rings (SSSR count). The van der Waals surface area contributed by atoms with Crippen LogP contribution in [0.5, 0.6) is 5.75 Å². The Hall–Kier alpha value is -1.19. The van der Waals surface area contributed by atoms with E-state index in [1.807, 2.05) is 11.8 Å². The molecule has 2 aromatic rings. The van der Waals surface area contributed by atoms with Crippen LogP contribution in [0.1, 0.15) is 18.9 Å². The monoisotopic (exact) mass is 289 g/mol. The van der Waals surface area contributed by atoms with Gasteiger partial charge in [0.2, 0.25) is 0 Å². The summed E-state index contributed by atoms with van der Waals surface area (Å²) in [5.41, 5.74) is 1.33. The summed E-state index contributed by atoms with van der Waals surface area (Å²) < 4.78 is 5.44. The minimum absolute atomic E-state index is 0.545. The molecule has 0 fully saturated rings. The number of benzene rings is 2. The van der Waals surface area contributed by atoms with Gasteiger partial charge in [0.15, 0.2) is 0 Å². The Labute approximate surface area is 125 Å². The zero-order valence-corrected chi connectivity index (χ0v) is 13.3. The molecular weight excluding hydrogens is 266 g/mol. The van der Waals surface area contributed by atoms with Crippen molar-refractivity contribution in [3.63, 3.8) is 0 Å². The fraction of sp³-hybridized carbons (Fsp3) is 0.412. The maximum Gasteiger partial charge on any atom is 0.126 e. The van der Waals surface area contributed by atoms with Gasteiger partial charge in [0, 0.05) is 18.0 Å². The highest BCUT2D eigenvalue weighted by Gasteiger charge is 2.07. The van der Waals surface area contributed by atoms with Crippen LogP contribution in [0, 0.1) is 0 Å². The molecule has 0 aliphatic heterocycles. The van der Waals surface area contributed by atoms with Crippen molar-refractivity contribution in [2.45, 2.75) is 25.9 Å². The Morgan fingerprint density at radius 2 is 1.90 bits per heavy atom. The lowest BCUT2D eigenvalue weighted by Gasteiger charge is -2.15. The lowest BCUT2D eigenvalue weighted by atomic mass is 10.0. The first-order valence-corrected chi connectivity index (χ1v) is 8.42. The van der Waals surface area contributed by atoms with E-state index in [0.29, 0.717) is 6.04 Å². The van der Waals surface area contributed by atoms with Crippen LogP contribution in [0.3, 0.4) is 0 Å². The number of rotatable bonds is 7. The summed E-state index contributed by atoms with van der Waals surface area (Å²) >= 11 is 1.90. The number of nitrogens with one attached hydrogen (secondary N) is 1. The van der Waals surface area contributed by atoms with Gasteiger partial charge in [-0.25, -0.2) is 0 Å². The van der Waals surface area contributed by atoms with Crippen molar-refractivity contribution in [1.82, 2.24) is 5.32 Å². The zero-order chi connectivity index (χ0) is 14.4. The van der Waals surface area contributed by atoms with Crippen molar-refractivity contribution in [3.05, 3.63) is 42.0 Å². The summed E-state index contributed by atoms with van der Waals surface area (Å²) in [6, 6.07) is 13.2. The molecule has 0 heterocycles. The molecule has 0 bridgehead atoms. The Kier molecular flexibility index (Phi) is 5.74. The standard InChI is InChI=1S/C17H23NOS/c1-13(10-11-20-3)18-12-14-8-9-17(19-2)16-7-5-4-6-15(14)16/h4-9,13,18H,10-12H2,1-3H3. The minimum atomic E-state index is 0.545. The third-order valence-electron chi connectivity index (χ3n) is 3.59. The van der Waals surface area contributed by atoms with Gasteiger partial charge in [0.25, 0.3) is 0 Å². The number of methoxy groups -OCH3 is 1. The fourth-order valence-electron chi connectivity index (χ4n) is 2.35.